The van der Waals surface area contributed by atoms with Crippen molar-refractivity contribution in [2.75, 3.05) is 6.54 Å². The molecule has 4 rings (SSSR count). The quantitative estimate of drug-likeness (QED) is 0.671. The van der Waals surface area contributed by atoms with Crippen LogP contribution >= 0.6 is 0 Å². The fraction of sp³-hybridized carbons (Fsp3) is 0.455. The lowest BCUT2D eigenvalue weighted by Crippen LogP contribution is -2.23. The first-order valence-corrected chi connectivity index (χ1v) is 9.95. The number of hydrogen-bond acceptors (Lipinski definition) is 4. The van der Waals surface area contributed by atoms with Crippen LogP contribution in [0.25, 0.3) is 11.3 Å². The average Bonchev–Trinajstić information content (AvgIpc) is 3.39. The lowest BCUT2D eigenvalue weighted by Gasteiger charge is -2.22. The van der Waals surface area contributed by atoms with Gasteiger partial charge < -0.3 is 4.52 Å². The van der Waals surface area contributed by atoms with Crippen LogP contribution in [0.15, 0.2) is 35.0 Å². The van der Waals surface area contributed by atoms with E-state index in [1.165, 1.54) is 28.7 Å². The van der Waals surface area contributed by atoms with Gasteiger partial charge in [-0.3, -0.25) is 10.00 Å². The summed E-state index contributed by atoms with van der Waals surface area (Å²) in [6, 6.07) is 9.07. The molecule has 1 aromatic carbocycles. The van der Waals surface area contributed by atoms with Crippen molar-refractivity contribution in [2.45, 2.75) is 59.0 Å². The highest BCUT2D eigenvalue weighted by molar-refractivity contribution is 5.64. The fourth-order valence-corrected chi connectivity index (χ4v) is 4.00. The second-order valence-corrected chi connectivity index (χ2v) is 7.67. The Balaban J connectivity index is 1.55. The molecular weight excluding hydrogens is 336 g/mol. The predicted molar refractivity (Wildman–Crippen MR) is 106 cm³/mol. The monoisotopic (exact) mass is 364 g/mol. The number of aromatic amines is 1. The Morgan fingerprint density at radius 3 is 2.93 bits per heavy atom. The molecule has 0 saturated carbocycles. The molecule has 0 amide bonds. The summed E-state index contributed by atoms with van der Waals surface area (Å²) in [6.07, 6.45) is 6.33. The molecule has 27 heavy (non-hydrogen) atoms. The van der Waals surface area contributed by atoms with Gasteiger partial charge in [0.05, 0.1) is 17.9 Å². The van der Waals surface area contributed by atoms with Crippen LogP contribution in [-0.2, 0) is 13.0 Å². The number of rotatable bonds is 6. The molecule has 1 fully saturated rings. The van der Waals surface area contributed by atoms with E-state index in [0.717, 1.165) is 49.5 Å². The molecule has 0 bridgehead atoms. The van der Waals surface area contributed by atoms with Crippen LogP contribution in [0, 0.1) is 13.8 Å². The summed E-state index contributed by atoms with van der Waals surface area (Å²) < 4.78 is 5.52. The van der Waals surface area contributed by atoms with Gasteiger partial charge in [-0.15, -0.1) is 0 Å². The number of nitrogens with zero attached hydrogens (tertiary/aromatic N) is 3. The van der Waals surface area contributed by atoms with Crippen molar-refractivity contribution >= 4 is 0 Å². The van der Waals surface area contributed by atoms with Gasteiger partial charge in [0.25, 0.3) is 0 Å². The van der Waals surface area contributed by atoms with Gasteiger partial charge >= 0.3 is 0 Å². The maximum atomic E-state index is 5.52. The standard InChI is InChI=1S/C22H28N4O/c1-4-6-19-12-20(25-27-19)21-7-5-10-26(21)14-18-13-23-24-22(18)17-9-8-15(2)16(3)11-17/h8-9,11-13,21H,4-7,10,14H2,1-3H3,(H,23,24)/t21-/m0/s1. The molecule has 142 valence electrons. The Morgan fingerprint density at radius 2 is 2.11 bits per heavy atom. The molecule has 0 aliphatic carbocycles. The summed E-state index contributed by atoms with van der Waals surface area (Å²) in [7, 11) is 0. The third-order valence-electron chi connectivity index (χ3n) is 5.67. The van der Waals surface area contributed by atoms with Crippen molar-refractivity contribution in [2.24, 2.45) is 0 Å². The molecule has 2 aromatic heterocycles. The number of H-pyrrole nitrogens is 1. The van der Waals surface area contributed by atoms with E-state index in [-0.39, 0.29) is 0 Å². The second kappa shape index (κ2) is 7.69. The molecule has 0 unspecified atom stereocenters. The van der Waals surface area contributed by atoms with E-state index in [9.17, 15) is 0 Å². The van der Waals surface area contributed by atoms with Gasteiger partial charge in [0.2, 0.25) is 0 Å². The minimum absolute atomic E-state index is 0.335. The minimum Gasteiger partial charge on any atom is -0.361 e. The third kappa shape index (κ3) is 3.69. The molecule has 1 aliphatic rings. The first-order valence-electron chi connectivity index (χ1n) is 9.95. The number of aryl methyl sites for hydroxylation is 3. The molecule has 0 radical (unpaired) electrons. The van der Waals surface area contributed by atoms with E-state index in [2.05, 4.69) is 65.3 Å². The van der Waals surface area contributed by atoms with Gasteiger partial charge in [-0.1, -0.05) is 24.2 Å². The molecule has 1 saturated heterocycles. The molecule has 0 spiro atoms. The average molecular weight is 364 g/mol. The summed E-state index contributed by atoms with van der Waals surface area (Å²) in [5, 5.41) is 11.9. The zero-order chi connectivity index (χ0) is 18.8. The Bertz CT molecular complexity index is 911. The van der Waals surface area contributed by atoms with Crippen LogP contribution in [-0.4, -0.2) is 26.8 Å². The topological polar surface area (TPSA) is 58.0 Å². The normalized spacial score (nSPS) is 17.7. The molecule has 3 aromatic rings. The molecule has 3 heterocycles. The predicted octanol–water partition coefficient (Wildman–Crippen LogP) is 4.97. The van der Waals surface area contributed by atoms with Crippen molar-refractivity contribution in [3.63, 3.8) is 0 Å². The summed E-state index contributed by atoms with van der Waals surface area (Å²) >= 11 is 0. The number of nitrogens with one attached hydrogen (secondary N) is 1. The summed E-state index contributed by atoms with van der Waals surface area (Å²) in [4.78, 5) is 2.50. The lowest BCUT2D eigenvalue weighted by atomic mass is 10.0. The van der Waals surface area contributed by atoms with Gasteiger partial charge in [-0.25, -0.2) is 0 Å². The van der Waals surface area contributed by atoms with Crippen molar-refractivity contribution < 1.29 is 4.52 Å². The van der Waals surface area contributed by atoms with Gasteiger partial charge in [0, 0.05) is 30.2 Å². The number of likely N-dealkylation sites (tertiary alicyclic amines) is 1. The third-order valence-corrected chi connectivity index (χ3v) is 5.67. The number of hydrogen-bond donors (Lipinski definition) is 1. The minimum atomic E-state index is 0.335. The molecule has 5 heteroatoms. The zero-order valence-electron chi connectivity index (χ0n) is 16.5. The van der Waals surface area contributed by atoms with Crippen LogP contribution in [0.5, 0.6) is 0 Å². The summed E-state index contributed by atoms with van der Waals surface area (Å²) in [6.45, 7) is 8.42. The van der Waals surface area contributed by atoms with Crippen LogP contribution < -0.4 is 0 Å². The molecule has 1 aliphatic heterocycles. The summed E-state index contributed by atoms with van der Waals surface area (Å²) in [5.74, 6) is 0.999. The second-order valence-electron chi connectivity index (χ2n) is 7.67. The molecule has 5 nitrogen and oxygen atoms in total. The van der Waals surface area contributed by atoms with Crippen molar-refractivity contribution in [1.82, 2.24) is 20.3 Å². The van der Waals surface area contributed by atoms with E-state index in [1.807, 2.05) is 6.20 Å². The maximum Gasteiger partial charge on any atom is 0.137 e. The first-order chi connectivity index (χ1) is 13.2. The lowest BCUT2D eigenvalue weighted by molar-refractivity contribution is 0.236. The number of benzene rings is 1. The van der Waals surface area contributed by atoms with Gasteiger partial charge in [-0.2, -0.15) is 5.10 Å². The SMILES string of the molecule is CCCc1cc([C@@H]2CCCN2Cc2cn[nH]c2-c2ccc(C)c(C)c2)no1. The van der Waals surface area contributed by atoms with Gasteiger partial charge in [-0.05, 0) is 56.8 Å². The van der Waals surface area contributed by atoms with Gasteiger partial charge in [0.15, 0.2) is 0 Å². The zero-order valence-corrected chi connectivity index (χ0v) is 16.5. The Kier molecular flexibility index (Phi) is 5.12. The smallest absolute Gasteiger partial charge is 0.137 e. The molecular formula is C22H28N4O. The van der Waals surface area contributed by atoms with E-state index in [0.29, 0.717) is 6.04 Å². The highest BCUT2D eigenvalue weighted by atomic mass is 16.5. The van der Waals surface area contributed by atoms with E-state index in [1.54, 1.807) is 0 Å². The fourth-order valence-electron chi connectivity index (χ4n) is 4.00. The first kappa shape index (κ1) is 18.0. The van der Waals surface area contributed by atoms with Crippen LogP contribution in [0.2, 0.25) is 0 Å². The Hall–Kier alpha value is -2.40. The maximum absolute atomic E-state index is 5.52. The van der Waals surface area contributed by atoms with Crippen molar-refractivity contribution in [3.8, 4) is 11.3 Å². The van der Waals surface area contributed by atoms with Gasteiger partial charge in [0.1, 0.15) is 11.5 Å². The van der Waals surface area contributed by atoms with Crippen LogP contribution in [0.4, 0.5) is 0 Å². The van der Waals surface area contributed by atoms with E-state index < -0.39 is 0 Å². The Labute approximate surface area is 160 Å². The molecule has 1 atom stereocenters. The summed E-state index contributed by atoms with van der Waals surface area (Å²) in [5.41, 5.74) is 7.25. The molecule has 1 N–H and O–H groups in total. The van der Waals surface area contributed by atoms with E-state index in [4.69, 9.17) is 4.52 Å². The highest BCUT2D eigenvalue weighted by Crippen LogP contribution is 2.34. The highest BCUT2D eigenvalue weighted by Gasteiger charge is 2.29. The largest absolute Gasteiger partial charge is 0.361 e. The number of aromatic nitrogens is 3. The van der Waals surface area contributed by atoms with Crippen LogP contribution in [0.1, 0.15) is 60.4 Å². The van der Waals surface area contributed by atoms with Crippen LogP contribution in [0.3, 0.4) is 0 Å². The van der Waals surface area contributed by atoms with Crippen molar-refractivity contribution in [1.29, 1.82) is 0 Å². The van der Waals surface area contributed by atoms with E-state index >= 15 is 0 Å². The van der Waals surface area contributed by atoms with Crippen molar-refractivity contribution in [3.05, 3.63) is 58.6 Å². The Morgan fingerprint density at radius 1 is 1.22 bits per heavy atom.